The molecule has 5 fully saturated rings. The molecule has 0 heteroatoms. The van der Waals surface area contributed by atoms with E-state index in [1.165, 1.54) is 25.7 Å². The minimum Gasteiger partial charge on any atom is -0.0622 e. The van der Waals surface area contributed by atoms with Gasteiger partial charge in [0.25, 0.3) is 0 Å². The molecule has 0 nitrogen and oxygen atoms in total. The summed E-state index contributed by atoms with van der Waals surface area (Å²) in [5.74, 6) is 4.18. The molecule has 0 aromatic heterocycles. The normalized spacial score (nSPS) is 57.0. The molecule has 5 rings (SSSR count). The fourth-order valence-electron chi connectivity index (χ4n) is 7.99. The third kappa shape index (κ3) is 1.60. The van der Waals surface area contributed by atoms with Crippen LogP contribution in [0.2, 0.25) is 0 Å². The van der Waals surface area contributed by atoms with E-state index in [1.54, 1.807) is 32.1 Å². The molecule has 114 valence electrons. The lowest BCUT2D eigenvalue weighted by molar-refractivity contribution is -0.190. The Bertz CT molecular complexity index is 408. The summed E-state index contributed by atoms with van der Waals surface area (Å²) in [5, 5.41) is 0. The summed E-state index contributed by atoms with van der Waals surface area (Å²) in [6, 6.07) is 0. The first-order chi connectivity index (χ1) is 9.37. The monoisotopic (exact) mass is 274 g/mol. The van der Waals surface area contributed by atoms with Crippen molar-refractivity contribution in [2.45, 2.75) is 85.5 Å². The molecule has 5 aliphatic carbocycles. The van der Waals surface area contributed by atoms with Crippen LogP contribution in [0.4, 0.5) is 0 Å². The van der Waals surface area contributed by atoms with Gasteiger partial charge >= 0.3 is 0 Å². The van der Waals surface area contributed by atoms with E-state index in [0.717, 1.165) is 29.1 Å². The van der Waals surface area contributed by atoms with Gasteiger partial charge in [-0.3, -0.25) is 0 Å². The Hall–Kier alpha value is 0. The van der Waals surface area contributed by atoms with Crippen LogP contribution in [0.25, 0.3) is 0 Å². The SMILES string of the molecule is C[C@H]1C[C@]23CC[C@H]1C[C@H]2[C@]1(C)CCCC(C)(C)[C@H]1CC3. The lowest BCUT2D eigenvalue weighted by atomic mass is 9.36. The van der Waals surface area contributed by atoms with Gasteiger partial charge in [0.05, 0.1) is 0 Å². The molecular formula is C20H34. The van der Waals surface area contributed by atoms with E-state index < -0.39 is 0 Å². The highest BCUT2D eigenvalue weighted by molar-refractivity contribution is 5.12. The average Bonchev–Trinajstić information content (AvgIpc) is 2.37. The Labute approximate surface area is 126 Å². The van der Waals surface area contributed by atoms with Crippen molar-refractivity contribution in [2.75, 3.05) is 0 Å². The van der Waals surface area contributed by atoms with Gasteiger partial charge in [-0.25, -0.2) is 0 Å². The van der Waals surface area contributed by atoms with Crippen molar-refractivity contribution in [1.82, 2.24) is 0 Å². The molecule has 0 N–H and O–H groups in total. The van der Waals surface area contributed by atoms with Crippen molar-refractivity contribution in [3.05, 3.63) is 0 Å². The highest BCUT2D eigenvalue weighted by atomic mass is 14.7. The van der Waals surface area contributed by atoms with E-state index >= 15 is 0 Å². The Kier molecular flexibility index (Phi) is 2.76. The van der Waals surface area contributed by atoms with Gasteiger partial charge in [0.1, 0.15) is 0 Å². The molecule has 0 amide bonds. The molecule has 5 saturated carbocycles. The summed E-state index contributed by atoms with van der Waals surface area (Å²) < 4.78 is 0. The molecule has 0 aromatic carbocycles. The first kappa shape index (κ1) is 13.6. The number of hydrogen-bond donors (Lipinski definition) is 0. The van der Waals surface area contributed by atoms with E-state index in [-0.39, 0.29) is 0 Å². The van der Waals surface area contributed by atoms with Crippen LogP contribution < -0.4 is 0 Å². The van der Waals surface area contributed by atoms with Crippen molar-refractivity contribution in [3.8, 4) is 0 Å². The first-order valence-electron chi connectivity index (χ1n) is 9.37. The minimum absolute atomic E-state index is 0.608. The fourth-order valence-corrected chi connectivity index (χ4v) is 7.99. The van der Waals surface area contributed by atoms with Gasteiger partial charge in [-0.1, -0.05) is 34.1 Å². The highest BCUT2D eigenvalue weighted by Gasteiger charge is 2.63. The first-order valence-corrected chi connectivity index (χ1v) is 9.37. The zero-order chi connectivity index (χ0) is 14.2. The van der Waals surface area contributed by atoms with Gasteiger partial charge in [-0.15, -0.1) is 0 Å². The standard InChI is InChI=1S/C20H34/c1-14-13-20-10-6-15(14)12-17(20)19(4)9-5-8-18(2,3)16(19)7-11-20/h14-17H,5-13H2,1-4H3/t14-,15-,16+,17-,19+,20+/m0/s1. The lowest BCUT2D eigenvalue weighted by Crippen LogP contribution is -2.60. The Balaban J connectivity index is 1.73. The van der Waals surface area contributed by atoms with Crippen LogP contribution in [0, 0.1) is 39.9 Å². The van der Waals surface area contributed by atoms with E-state index in [4.69, 9.17) is 0 Å². The smallest absolute Gasteiger partial charge is 0.0259 e. The maximum Gasteiger partial charge on any atom is -0.0259 e. The van der Waals surface area contributed by atoms with Gasteiger partial charge in [0.15, 0.2) is 0 Å². The second kappa shape index (κ2) is 4.05. The zero-order valence-electron chi connectivity index (χ0n) is 14.2. The van der Waals surface area contributed by atoms with Crippen LogP contribution in [0.5, 0.6) is 0 Å². The van der Waals surface area contributed by atoms with Gasteiger partial charge in [0, 0.05) is 0 Å². The third-order valence-electron chi connectivity index (χ3n) is 8.83. The summed E-state index contributed by atoms with van der Waals surface area (Å²) in [7, 11) is 0. The van der Waals surface area contributed by atoms with Crippen molar-refractivity contribution >= 4 is 0 Å². The summed E-state index contributed by atoms with van der Waals surface area (Å²) >= 11 is 0. The molecule has 5 aliphatic rings. The van der Waals surface area contributed by atoms with Gasteiger partial charge in [0.2, 0.25) is 0 Å². The Morgan fingerprint density at radius 2 is 1.60 bits per heavy atom. The van der Waals surface area contributed by atoms with Crippen molar-refractivity contribution < 1.29 is 0 Å². The lowest BCUT2D eigenvalue weighted by Gasteiger charge is -2.68. The fraction of sp³-hybridized carbons (Fsp3) is 1.00. The maximum absolute atomic E-state index is 2.72. The van der Waals surface area contributed by atoms with Crippen LogP contribution in [0.15, 0.2) is 0 Å². The topological polar surface area (TPSA) is 0 Å². The quantitative estimate of drug-likeness (QED) is 0.504. The maximum atomic E-state index is 2.72. The molecule has 1 spiro atoms. The van der Waals surface area contributed by atoms with E-state index in [1.807, 2.05) is 0 Å². The molecule has 0 heterocycles. The van der Waals surface area contributed by atoms with Crippen molar-refractivity contribution in [1.29, 1.82) is 0 Å². The molecular weight excluding hydrogens is 240 g/mol. The number of rotatable bonds is 0. The molecule has 0 aromatic rings. The van der Waals surface area contributed by atoms with Gasteiger partial charge in [-0.2, -0.15) is 0 Å². The van der Waals surface area contributed by atoms with Crippen molar-refractivity contribution in [2.24, 2.45) is 39.9 Å². The summed E-state index contributed by atoms with van der Waals surface area (Å²) in [4.78, 5) is 0. The molecule has 2 bridgehead atoms. The van der Waals surface area contributed by atoms with Crippen LogP contribution in [-0.4, -0.2) is 0 Å². The van der Waals surface area contributed by atoms with Gasteiger partial charge < -0.3 is 0 Å². The largest absolute Gasteiger partial charge is 0.0622 e. The number of fused-ring (bicyclic) bond motifs is 3. The Morgan fingerprint density at radius 1 is 0.850 bits per heavy atom. The van der Waals surface area contributed by atoms with E-state index in [9.17, 15) is 0 Å². The van der Waals surface area contributed by atoms with Crippen molar-refractivity contribution in [3.63, 3.8) is 0 Å². The second-order valence-electron chi connectivity index (χ2n) is 10.1. The van der Waals surface area contributed by atoms with Crippen LogP contribution >= 0.6 is 0 Å². The average molecular weight is 274 g/mol. The van der Waals surface area contributed by atoms with Gasteiger partial charge in [-0.05, 0) is 91.3 Å². The Morgan fingerprint density at radius 3 is 2.35 bits per heavy atom. The summed E-state index contributed by atoms with van der Waals surface area (Å²) in [6.45, 7) is 10.4. The second-order valence-corrected chi connectivity index (χ2v) is 10.1. The molecule has 0 unspecified atom stereocenters. The minimum atomic E-state index is 0.608. The molecule has 0 saturated heterocycles. The van der Waals surface area contributed by atoms with E-state index in [2.05, 4.69) is 27.7 Å². The predicted octanol–water partition coefficient (Wildman–Crippen LogP) is 6.06. The van der Waals surface area contributed by atoms with Crippen LogP contribution in [0.3, 0.4) is 0 Å². The summed E-state index contributed by atoms with van der Waals surface area (Å²) in [5.41, 5.74) is 2.06. The molecule has 0 radical (unpaired) electrons. The number of hydrogen-bond acceptors (Lipinski definition) is 0. The molecule has 0 aliphatic heterocycles. The molecule has 20 heavy (non-hydrogen) atoms. The highest BCUT2D eigenvalue weighted by Crippen LogP contribution is 2.72. The van der Waals surface area contributed by atoms with Crippen LogP contribution in [0.1, 0.15) is 85.5 Å². The molecule has 6 atom stereocenters. The predicted molar refractivity (Wildman–Crippen MR) is 85.5 cm³/mol. The van der Waals surface area contributed by atoms with E-state index in [0.29, 0.717) is 10.8 Å². The van der Waals surface area contributed by atoms with Crippen LogP contribution in [-0.2, 0) is 0 Å². The third-order valence-corrected chi connectivity index (χ3v) is 8.83. The summed E-state index contributed by atoms with van der Waals surface area (Å²) in [6.07, 6.45) is 13.9. The zero-order valence-corrected chi connectivity index (χ0v) is 14.2.